The molecule has 302 valence electrons. The van der Waals surface area contributed by atoms with Crippen LogP contribution >= 0.6 is 0 Å². The number of amides is 2. The molecule has 2 aromatic rings. The first-order valence-electron chi connectivity index (χ1n) is 16.9. The second kappa shape index (κ2) is 19.1. The quantitative estimate of drug-likeness (QED) is 0.219. The summed E-state index contributed by atoms with van der Waals surface area (Å²) >= 11 is 0. The minimum Gasteiger partial charge on any atom is -0.479 e. The zero-order valence-corrected chi connectivity index (χ0v) is 32.4. The van der Waals surface area contributed by atoms with Crippen molar-refractivity contribution in [3.05, 3.63) is 10.1 Å². The van der Waals surface area contributed by atoms with Crippen LogP contribution in [0.25, 0.3) is 0 Å². The Morgan fingerprint density at radius 2 is 1.09 bits per heavy atom. The Kier molecular flexibility index (Phi) is 15.2. The molecule has 0 aliphatic carbocycles. The maximum absolute atomic E-state index is 12.2. The van der Waals surface area contributed by atoms with Crippen molar-refractivity contribution in [1.82, 2.24) is 29.7 Å². The first-order valence-corrected chi connectivity index (χ1v) is 16.9. The number of ether oxygens (including phenoxy) is 8. The number of carbonyl (C=O) groups excluding carboxylic acids is 2. The van der Waals surface area contributed by atoms with Crippen LogP contribution in [0, 0.1) is 10.1 Å². The summed E-state index contributed by atoms with van der Waals surface area (Å²) in [6.07, 6.45) is -1.32. The van der Waals surface area contributed by atoms with Crippen molar-refractivity contribution in [3.63, 3.8) is 0 Å². The van der Waals surface area contributed by atoms with Gasteiger partial charge in [-0.15, -0.1) is 0 Å². The van der Waals surface area contributed by atoms with Crippen LogP contribution < -0.4 is 35.3 Å². The maximum atomic E-state index is 12.2. The van der Waals surface area contributed by atoms with E-state index in [9.17, 15) is 19.7 Å². The molecular formula is C32H52N10O12. The minimum absolute atomic E-state index is 0.0808. The molecule has 0 saturated carbocycles. The van der Waals surface area contributed by atoms with Gasteiger partial charge in [0.05, 0.1) is 71.9 Å². The molecule has 2 aliphatic heterocycles. The van der Waals surface area contributed by atoms with Gasteiger partial charge in [0.25, 0.3) is 0 Å². The number of morpholine rings is 2. The van der Waals surface area contributed by atoms with Crippen LogP contribution in [0.3, 0.4) is 0 Å². The Morgan fingerprint density at radius 3 is 1.41 bits per heavy atom. The summed E-state index contributed by atoms with van der Waals surface area (Å²) in [6.45, 7) is 14.0. The molecule has 2 saturated heterocycles. The van der Waals surface area contributed by atoms with Gasteiger partial charge in [-0.25, -0.2) is 9.59 Å². The Labute approximate surface area is 313 Å². The molecule has 22 heteroatoms. The van der Waals surface area contributed by atoms with Gasteiger partial charge >= 0.3 is 29.6 Å². The number of hydrogen-bond acceptors (Lipinski definition) is 19. The van der Waals surface area contributed by atoms with Gasteiger partial charge in [0.15, 0.2) is 5.69 Å². The smallest absolute Gasteiger partial charge is 0.410 e. The van der Waals surface area contributed by atoms with Crippen LogP contribution in [0.2, 0.25) is 0 Å². The normalized spacial score (nSPS) is 17.3. The average Bonchev–Trinajstić information content (AvgIpc) is 3.12. The van der Waals surface area contributed by atoms with E-state index in [0.29, 0.717) is 51.9 Å². The highest BCUT2D eigenvalue weighted by atomic mass is 16.6. The van der Waals surface area contributed by atoms with Crippen LogP contribution in [-0.2, 0) is 18.9 Å². The van der Waals surface area contributed by atoms with Gasteiger partial charge in [-0.2, -0.15) is 19.9 Å². The summed E-state index contributed by atoms with van der Waals surface area (Å²) in [6, 6.07) is 0. The van der Waals surface area contributed by atoms with E-state index in [1.54, 1.807) is 30.6 Å². The molecular weight excluding hydrogens is 716 g/mol. The summed E-state index contributed by atoms with van der Waals surface area (Å²) in [5, 5.41) is 17.1. The molecule has 4 heterocycles. The van der Waals surface area contributed by atoms with E-state index >= 15 is 0 Å². The van der Waals surface area contributed by atoms with Crippen molar-refractivity contribution < 1.29 is 52.4 Å². The van der Waals surface area contributed by atoms with Crippen LogP contribution in [0.1, 0.15) is 41.5 Å². The molecule has 2 fully saturated rings. The number of methoxy groups -OCH3 is 4. The highest BCUT2D eigenvalue weighted by molar-refractivity contribution is 5.68. The van der Waals surface area contributed by atoms with Crippen molar-refractivity contribution in [2.45, 2.75) is 65.0 Å². The summed E-state index contributed by atoms with van der Waals surface area (Å²) in [4.78, 5) is 54.4. The molecule has 4 rings (SSSR count). The van der Waals surface area contributed by atoms with Gasteiger partial charge in [-0.1, -0.05) is 0 Å². The molecule has 54 heavy (non-hydrogen) atoms. The van der Waals surface area contributed by atoms with Crippen molar-refractivity contribution in [1.29, 1.82) is 0 Å². The van der Waals surface area contributed by atoms with Gasteiger partial charge in [0.1, 0.15) is 11.2 Å². The SMILES string of the molecule is COc1nc(NCC2CN(C(=O)OC(C)(C)C)CCO2)nc(OC)c1N.COc1nc(NCC2CN(C(=O)OC(C)(C)C)CCO2)nc(OC)c1[N+](=O)[O-]. The summed E-state index contributed by atoms with van der Waals surface area (Å²) in [7, 11) is 5.46. The average molecular weight is 769 g/mol. The Bertz CT molecular complexity index is 1540. The molecule has 2 aliphatic rings. The molecule has 2 atom stereocenters. The van der Waals surface area contributed by atoms with Crippen LogP contribution in [0.5, 0.6) is 23.5 Å². The number of nitrogens with one attached hydrogen (secondary N) is 2. The fourth-order valence-electron chi connectivity index (χ4n) is 4.83. The summed E-state index contributed by atoms with van der Waals surface area (Å²) in [5.41, 5.74) is 4.48. The van der Waals surface area contributed by atoms with Crippen molar-refractivity contribution in [2.24, 2.45) is 0 Å². The third-order valence-corrected chi connectivity index (χ3v) is 7.21. The molecule has 0 bridgehead atoms. The molecule has 2 aromatic heterocycles. The van der Waals surface area contributed by atoms with E-state index < -0.39 is 27.9 Å². The monoisotopic (exact) mass is 768 g/mol. The molecule has 0 aromatic carbocycles. The second-order valence-electron chi connectivity index (χ2n) is 13.8. The van der Waals surface area contributed by atoms with Crippen LogP contribution in [0.4, 0.5) is 32.9 Å². The Hall–Kier alpha value is -5.38. The lowest BCUT2D eigenvalue weighted by atomic mass is 10.2. The lowest BCUT2D eigenvalue weighted by molar-refractivity contribution is -0.387. The minimum atomic E-state index is -0.676. The maximum Gasteiger partial charge on any atom is 0.410 e. The predicted molar refractivity (Wildman–Crippen MR) is 193 cm³/mol. The summed E-state index contributed by atoms with van der Waals surface area (Å²) in [5.74, 6) is 0.375. The summed E-state index contributed by atoms with van der Waals surface area (Å²) < 4.78 is 42.3. The van der Waals surface area contributed by atoms with E-state index in [0.717, 1.165) is 0 Å². The predicted octanol–water partition coefficient (Wildman–Crippen LogP) is 2.57. The molecule has 0 radical (unpaired) electrons. The Morgan fingerprint density at radius 1 is 0.741 bits per heavy atom. The second-order valence-corrected chi connectivity index (χ2v) is 13.8. The zero-order valence-electron chi connectivity index (χ0n) is 32.4. The molecule has 2 amide bonds. The molecule has 0 spiro atoms. The van der Waals surface area contributed by atoms with E-state index in [2.05, 4.69) is 30.6 Å². The van der Waals surface area contributed by atoms with Crippen LogP contribution in [-0.4, -0.2) is 151 Å². The molecule has 2 unspecified atom stereocenters. The Balaban J connectivity index is 0.000000291. The first kappa shape index (κ1) is 43.0. The number of nitrogens with zero attached hydrogens (tertiary/aromatic N) is 7. The lowest BCUT2D eigenvalue weighted by Crippen LogP contribution is -2.49. The zero-order chi connectivity index (χ0) is 40.2. The third-order valence-electron chi connectivity index (χ3n) is 7.21. The van der Waals surface area contributed by atoms with Crippen molar-refractivity contribution >= 4 is 35.5 Å². The molecule has 4 N–H and O–H groups in total. The topological polar surface area (TPSA) is 259 Å². The number of aromatic nitrogens is 4. The highest BCUT2D eigenvalue weighted by Gasteiger charge is 2.31. The number of carbonyl (C=O) groups is 2. The van der Waals surface area contributed by atoms with E-state index in [-0.39, 0.29) is 60.0 Å². The van der Waals surface area contributed by atoms with Crippen LogP contribution in [0.15, 0.2) is 0 Å². The largest absolute Gasteiger partial charge is 0.479 e. The van der Waals surface area contributed by atoms with E-state index in [4.69, 9.17) is 43.6 Å². The number of nitrogens with two attached hydrogens (primary N) is 1. The van der Waals surface area contributed by atoms with Crippen molar-refractivity contribution in [3.8, 4) is 23.5 Å². The van der Waals surface area contributed by atoms with Gasteiger partial charge < -0.3 is 64.1 Å². The third kappa shape index (κ3) is 12.9. The number of nitrogen functional groups attached to an aromatic ring is 1. The number of rotatable bonds is 11. The highest BCUT2D eigenvalue weighted by Crippen LogP contribution is 2.34. The fraction of sp³-hybridized carbons (Fsp3) is 0.688. The van der Waals surface area contributed by atoms with E-state index in [1.165, 1.54) is 28.4 Å². The van der Waals surface area contributed by atoms with Gasteiger partial charge in [0.2, 0.25) is 23.7 Å². The lowest BCUT2D eigenvalue weighted by Gasteiger charge is -2.34. The number of anilines is 3. The fourth-order valence-corrected chi connectivity index (χ4v) is 4.83. The van der Waals surface area contributed by atoms with Gasteiger partial charge in [-0.05, 0) is 41.5 Å². The number of hydrogen-bond donors (Lipinski definition) is 3. The van der Waals surface area contributed by atoms with Gasteiger partial charge in [0, 0.05) is 26.2 Å². The first-order chi connectivity index (χ1) is 25.4. The standard InChI is InChI=1S/C16H25N5O7.C16H27N5O5/c1-16(2,3)28-15(22)20-6-7-27-10(9-20)8-17-14-18-12(25-4)11(21(23)24)13(19-14)26-5;1-16(2,3)26-15(22)21-6-7-25-10(9-21)8-18-14-19-12(23-4)11(17)13(20-14)24-5/h10H,6-9H2,1-5H3,(H,17,18,19);10H,6-9,17H2,1-5H3,(H,18,19,20). The van der Waals surface area contributed by atoms with E-state index in [1.807, 2.05) is 20.8 Å². The molecule has 22 nitrogen and oxygen atoms in total. The number of nitro groups is 1. The van der Waals surface area contributed by atoms with Crippen molar-refractivity contribution in [2.75, 3.05) is 97.3 Å². The van der Waals surface area contributed by atoms with Gasteiger partial charge in [-0.3, -0.25) is 10.1 Å².